The quantitative estimate of drug-likeness (QED) is 0.447. The second-order valence-electron chi connectivity index (χ2n) is 9.30. The van der Waals surface area contributed by atoms with Crippen molar-refractivity contribution in [2.45, 2.75) is 52.4 Å². The number of carboxylic acids is 1. The number of ether oxygens (including phenoxy) is 3. The van der Waals surface area contributed by atoms with Crippen molar-refractivity contribution < 1.29 is 48.4 Å². The molecule has 0 aromatic carbocycles. The molecule has 0 radical (unpaired) electrons. The summed E-state index contributed by atoms with van der Waals surface area (Å²) in [5, 5.41) is 19.5. The number of Topliss-reactive ketones (excluding diaryl/α,β-unsaturated/α-hetero) is 1. The topological polar surface area (TPSA) is 154 Å². The van der Waals surface area contributed by atoms with Gasteiger partial charge in [0, 0.05) is 24.7 Å². The van der Waals surface area contributed by atoms with Gasteiger partial charge in [0.05, 0.1) is 24.5 Å². The van der Waals surface area contributed by atoms with E-state index in [0.717, 1.165) is 6.92 Å². The monoisotopic (exact) mass is 464 g/mol. The molecule has 10 heteroatoms. The van der Waals surface area contributed by atoms with Crippen LogP contribution in [-0.4, -0.2) is 59.4 Å². The van der Waals surface area contributed by atoms with E-state index in [9.17, 15) is 34.2 Å². The van der Waals surface area contributed by atoms with E-state index in [1.165, 1.54) is 25.3 Å². The van der Waals surface area contributed by atoms with Crippen LogP contribution in [-0.2, 0) is 38.2 Å². The molecule has 3 rings (SSSR count). The van der Waals surface area contributed by atoms with E-state index >= 15 is 0 Å². The van der Waals surface area contributed by atoms with Crippen LogP contribution in [0.15, 0.2) is 23.8 Å². The molecule has 0 saturated heterocycles. The van der Waals surface area contributed by atoms with Crippen molar-refractivity contribution in [3.05, 3.63) is 23.8 Å². The zero-order valence-electron chi connectivity index (χ0n) is 18.9. The average Bonchev–Trinajstić information content (AvgIpc) is 3.04. The van der Waals surface area contributed by atoms with Gasteiger partial charge >= 0.3 is 23.9 Å². The van der Waals surface area contributed by atoms with Gasteiger partial charge in [-0.25, -0.2) is 4.79 Å². The van der Waals surface area contributed by atoms with Crippen molar-refractivity contribution >= 4 is 29.7 Å². The van der Waals surface area contributed by atoms with Crippen LogP contribution in [0.25, 0.3) is 0 Å². The van der Waals surface area contributed by atoms with Gasteiger partial charge in [0.15, 0.2) is 11.9 Å². The van der Waals surface area contributed by atoms with E-state index in [0.29, 0.717) is 0 Å². The molecule has 2 N–H and O–H groups in total. The zero-order chi connectivity index (χ0) is 24.7. The molecule has 1 aliphatic heterocycles. The Bertz CT molecular complexity index is 949. The highest BCUT2D eigenvalue weighted by atomic mass is 16.6. The van der Waals surface area contributed by atoms with E-state index in [-0.39, 0.29) is 24.8 Å². The summed E-state index contributed by atoms with van der Waals surface area (Å²) in [6.07, 6.45) is 1.69. The van der Waals surface area contributed by atoms with Crippen molar-refractivity contribution in [2.24, 2.45) is 28.6 Å². The fourth-order valence-corrected chi connectivity index (χ4v) is 5.86. The van der Waals surface area contributed by atoms with Crippen molar-refractivity contribution in [2.75, 3.05) is 7.11 Å². The van der Waals surface area contributed by atoms with Gasteiger partial charge in [-0.3, -0.25) is 19.2 Å². The number of aliphatic hydroxyl groups excluding tert-OH is 1. The molecular weight excluding hydrogens is 436 g/mol. The van der Waals surface area contributed by atoms with Crippen LogP contribution in [0.5, 0.6) is 0 Å². The van der Waals surface area contributed by atoms with E-state index in [1.54, 1.807) is 13.8 Å². The van der Waals surface area contributed by atoms with Gasteiger partial charge in [-0.05, 0) is 24.3 Å². The second-order valence-corrected chi connectivity index (χ2v) is 9.30. The lowest BCUT2D eigenvalue weighted by atomic mass is 9.44. The molecule has 0 bridgehead atoms. The van der Waals surface area contributed by atoms with Crippen molar-refractivity contribution in [1.29, 1.82) is 0 Å². The van der Waals surface area contributed by atoms with Crippen LogP contribution in [0.4, 0.5) is 0 Å². The van der Waals surface area contributed by atoms with E-state index in [4.69, 9.17) is 9.47 Å². The first-order chi connectivity index (χ1) is 15.3. The number of aliphatic hydroxyl groups is 1. The maximum atomic E-state index is 13.7. The lowest BCUT2D eigenvalue weighted by Gasteiger charge is -2.58. The molecule has 180 valence electrons. The summed E-state index contributed by atoms with van der Waals surface area (Å²) in [7, 11) is 1.23. The summed E-state index contributed by atoms with van der Waals surface area (Å²) in [4.78, 5) is 62.2. The van der Waals surface area contributed by atoms with Crippen LogP contribution in [0.3, 0.4) is 0 Å². The molecule has 2 fully saturated rings. The number of carbonyl (C=O) groups is 5. The number of rotatable bonds is 5. The maximum absolute atomic E-state index is 13.7. The third kappa shape index (κ3) is 4.19. The SMILES string of the molecule is COC(=O)[C@@H]1C[C@H](OC(C)=O)C(=O)[C@@H]2[C@@](C)(/C=C/C3=CC(O)OC3=O)[C@H](C(=O)O)CC[C@]21C. The molecule has 2 aliphatic carbocycles. The largest absolute Gasteiger partial charge is 0.481 e. The molecule has 33 heavy (non-hydrogen) atoms. The van der Waals surface area contributed by atoms with Gasteiger partial charge in [-0.15, -0.1) is 0 Å². The number of aliphatic carboxylic acids is 1. The van der Waals surface area contributed by atoms with Crippen LogP contribution >= 0.6 is 0 Å². The Morgan fingerprint density at radius 3 is 2.39 bits per heavy atom. The van der Waals surface area contributed by atoms with Crippen LogP contribution < -0.4 is 0 Å². The molecule has 1 unspecified atom stereocenters. The van der Waals surface area contributed by atoms with Crippen molar-refractivity contribution in [1.82, 2.24) is 0 Å². The van der Waals surface area contributed by atoms with Gasteiger partial charge in [0.2, 0.25) is 6.29 Å². The number of methoxy groups -OCH3 is 1. The van der Waals surface area contributed by atoms with Crippen LogP contribution in [0, 0.1) is 28.6 Å². The van der Waals surface area contributed by atoms with Gasteiger partial charge < -0.3 is 24.4 Å². The van der Waals surface area contributed by atoms with E-state index in [1.807, 2.05) is 0 Å². The van der Waals surface area contributed by atoms with Gasteiger partial charge in [0.25, 0.3) is 0 Å². The highest BCUT2D eigenvalue weighted by Crippen LogP contribution is 2.62. The van der Waals surface area contributed by atoms with Gasteiger partial charge in [-0.1, -0.05) is 26.0 Å². The second kappa shape index (κ2) is 8.74. The highest BCUT2D eigenvalue weighted by molar-refractivity contribution is 5.95. The number of hydrogen-bond acceptors (Lipinski definition) is 9. The fraction of sp³-hybridized carbons (Fsp3) is 0.609. The molecular formula is C23H28O10. The van der Waals surface area contributed by atoms with E-state index in [2.05, 4.69) is 4.74 Å². The average molecular weight is 464 g/mol. The summed E-state index contributed by atoms with van der Waals surface area (Å²) in [5.74, 6) is -6.52. The lowest BCUT2D eigenvalue weighted by molar-refractivity contribution is -0.188. The van der Waals surface area contributed by atoms with Crippen LogP contribution in [0.2, 0.25) is 0 Å². The summed E-state index contributed by atoms with van der Waals surface area (Å²) in [5.41, 5.74) is -2.31. The molecule has 1 heterocycles. The van der Waals surface area contributed by atoms with Gasteiger partial charge in [0.1, 0.15) is 0 Å². The summed E-state index contributed by atoms with van der Waals surface area (Å²) in [6, 6.07) is 0. The Morgan fingerprint density at radius 1 is 1.21 bits per heavy atom. The van der Waals surface area contributed by atoms with Gasteiger partial charge in [-0.2, -0.15) is 0 Å². The Labute approximate surface area is 190 Å². The van der Waals surface area contributed by atoms with Crippen molar-refractivity contribution in [3.63, 3.8) is 0 Å². The first-order valence-electron chi connectivity index (χ1n) is 10.7. The highest BCUT2D eigenvalue weighted by Gasteiger charge is 2.65. The third-order valence-corrected chi connectivity index (χ3v) is 7.35. The minimum Gasteiger partial charge on any atom is -0.481 e. The smallest absolute Gasteiger partial charge is 0.340 e. The summed E-state index contributed by atoms with van der Waals surface area (Å²) >= 11 is 0. The maximum Gasteiger partial charge on any atom is 0.340 e. The number of ketones is 1. The Kier molecular flexibility index (Phi) is 6.52. The number of carboxylic acid groups (broad SMARTS) is 1. The normalized spacial score (nSPS) is 38.3. The standard InChI is InChI=1S/C23H28O10/c1-11(24)32-15-10-14(21(30)31-4)23(3)8-6-13(19(27)28)22(2,18(23)17(15)26)7-5-12-9-16(25)33-20(12)29/h5,7,9,13-16,18,25H,6,8,10H2,1-4H3,(H,27,28)/b7-5+/t13-,14-,15-,16?,18+,22-,23-/m0/s1. The minimum atomic E-state index is -1.41. The molecule has 0 amide bonds. The summed E-state index contributed by atoms with van der Waals surface area (Å²) in [6.45, 7) is 4.49. The predicted octanol–water partition coefficient (Wildman–Crippen LogP) is 1.16. The molecule has 3 aliphatic rings. The number of hydrogen-bond donors (Lipinski definition) is 2. The minimum absolute atomic E-state index is 0.0180. The first-order valence-corrected chi connectivity index (χ1v) is 10.7. The Balaban J connectivity index is 2.15. The molecule has 7 atom stereocenters. The number of allylic oxidation sites excluding steroid dienone is 1. The zero-order valence-corrected chi connectivity index (χ0v) is 18.9. The number of cyclic esters (lactones) is 1. The Morgan fingerprint density at radius 2 is 1.88 bits per heavy atom. The number of esters is 3. The van der Waals surface area contributed by atoms with E-state index < -0.39 is 70.6 Å². The first kappa shape index (κ1) is 24.6. The molecule has 10 nitrogen and oxygen atoms in total. The lowest BCUT2D eigenvalue weighted by Crippen LogP contribution is -2.63. The Hall–Kier alpha value is -3.01. The number of carbonyl (C=O) groups excluding carboxylic acids is 4. The van der Waals surface area contributed by atoms with Crippen molar-refractivity contribution in [3.8, 4) is 0 Å². The fourth-order valence-electron chi connectivity index (χ4n) is 5.86. The molecule has 0 aromatic rings. The molecule has 2 saturated carbocycles. The third-order valence-electron chi connectivity index (χ3n) is 7.35. The molecule has 0 aromatic heterocycles. The predicted molar refractivity (Wildman–Crippen MR) is 110 cm³/mol. The number of fused-ring (bicyclic) bond motifs is 1. The van der Waals surface area contributed by atoms with Crippen LogP contribution in [0.1, 0.15) is 40.0 Å². The molecule has 0 spiro atoms. The summed E-state index contributed by atoms with van der Waals surface area (Å²) < 4.78 is 14.9.